The van der Waals surface area contributed by atoms with E-state index in [1.54, 1.807) is 11.0 Å². The summed E-state index contributed by atoms with van der Waals surface area (Å²) in [4.78, 5) is 4.38. The molecule has 0 aliphatic carbocycles. The molecular formula is C14H12N4. The van der Waals surface area contributed by atoms with Gasteiger partial charge in [0.25, 0.3) is 0 Å². The van der Waals surface area contributed by atoms with E-state index in [0.717, 1.165) is 16.7 Å². The summed E-state index contributed by atoms with van der Waals surface area (Å²) < 4.78 is 1.68. The Bertz CT molecular complexity index is 695. The minimum Gasteiger partial charge on any atom is -0.237 e. The van der Waals surface area contributed by atoms with Gasteiger partial charge in [-0.15, -0.1) is 5.10 Å². The fourth-order valence-electron chi connectivity index (χ4n) is 1.72. The number of benzene rings is 2. The molecule has 88 valence electrons. The molecule has 0 atom stereocenters. The van der Waals surface area contributed by atoms with Crippen molar-refractivity contribution in [2.24, 2.45) is 4.99 Å². The number of rotatable bonds is 2. The lowest BCUT2D eigenvalue weighted by Crippen LogP contribution is -1.96. The molecule has 0 fully saturated rings. The van der Waals surface area contributed by atoms with Gasteiger partial charge in [-0.05, 0) is 31.2 Å². The fraction of sp³-hybridized carbons (Fsp3) is 0.0714. The second kappa shape index (κ2) is 4.41. The average Bonchev–Trinajstić information content (AvgIpc) is 2.82. The molecule has 4 nitrogen and oxygen atoms in total. The first-order chi connectivity index (χ1) is 8.83. The van der Waals surface area contributed by atoms with Crippen LogP contribution in [-0.4, -0.2) is 21.3 Å². The van der Waals surface area contributed by atoms with Gasteiger partial charge in [0, 0.05) is 0 Å². The van der Waals surface area contributed by atoms with E-state index >= 15 is 0 Å². The molecular weight excluding hydrogens is 224 g/mol. The largest absolute Gasteiger partial charge is 0.237 e. The summed E-state index contributed by atoms with van der Waals surface area (Å²) in [7, 11) is 0. The maximum absolute atomic E-state index is 4.38. The first-order valence-electron chi connectivity index (χ1n) is 5.74. The van der Waals surface area contributed by atoms with Crippen LogP contribution in [0.3, 0.4) is 0 Å². The second-order valence-corrected chi connectivity index (χ2v) is 4.10. The van der Waals surface area contributed by atoms with Crippen LogP contribution in [0, 0.1) is 6.92 Å². The molecule has 0 aliphatic rings. The van der Waals surface area contributed by atoms with Crippen LogP contribution in [0.2, 0.25) is 0 Å². The number of aliphatic imine (C=N–C) groups is 1. The van der Waals surface area contributed by atoms with Gasteiger partial charge in [-0.2, -0.15) is 0 Å². The molecule has 0 radical (unpaired) electrons. The van der Waals surface area contributed by atoms with Gasteiger partial charge in [0.15, 0.2) is 0 Å². The Labute approximate surface area is 105 Å². The maximum Gasteiger partial charge on any atom is 0.120 e. The van der Waals surface area contributed by atoms with E-state index in [4.69, 9.17) is 0 Å². The van der Waals surface area contributed by atoms with Crippen molar-refractivity contribution in [3.63, 3.8) is 0 Å². The second-order valence-electron chi connectivity index (χ2n) is 4.10. The fourth-order valence-corrected chi connectivity index (χ4v) is 1.72. The number of aromatic nitrogens is 3. The normalized spacial score (nSPS) is 11.4. The summed E-state index contributed by atoms with van der Waals surface area (Å²) in [5, 5.41) is 8.11. The van der Waals surface area contributed by atoms with Crippen LogP contribution in [0.4, 0.5) is 5.69 Å². The van der Waals surface area contributed by atoms with E-state index in [1.807, 2.05) is 48.5 Å². The van der Waals surface area contributed by atoms with Crippen LogP contribution < -0.4 is 0 Å². The van der Waals surface area contributed by atoms with Crippen molar-refractivity contribution in [1.82, 2.24) is 15.0 Å². The third-order valence-corrected chi connectivity index (χ3v) is 2.73. The van der Waals surface area contributed by atoms with E-state index in [0.29, 0.717) is 0 Å². The highest BCUT2D eigenvalue weighted by molar-refractivity contribution is 5.81. The van der Waals surface area contributed by atoms with Crippen molar-refractivity contribution >= 4 is 23.1 Å². The van der Waals surface area contributed by atoms with Gasteiger partial charge in [0.1, 0.15) is 11.9 Å². The Balaban J connectivity index is 1.94. The van der Waals surface area contributed by atoms with Crippen LogP contribution in [0.15, 0.2) is 53.5 Å². The summed E-state index contributed by atoms with van der Waals surface area (Å²) >= 11 is 0. The number of hydrogen-bond acceptors (Lipinski definition) is 3. The molecule has 0 bridgehead atoms. The molecule has 0 N–H and O–H groups in total. The van der Waals surface area contributed by atoms with E-state index < -0.39 is 0 Å². The van der Waals surface area contributed by atoms with E-state index in [1.165, 1.54) is 5.56 Å². The highest BCUT2D eigenvalue weighted by atomic mass is 15.4. The Hall–Kier alpha value is -2.49. The molecule has 18 heavy (non-hydrogen) atoms. The van der Waals surface area contributed by atoms with Crippen molar-refractivity contribution in [2.45, 2.75) is 6.92 Å². The molecule has 3 aromatic rings. The third-order valence-electron chi connectivity index (χ3n) is 2.73. The minimum atomic E-state index is 0.868. The zero-order valence-electron chi connectivity index (χ0n) is 9.99. The van der Waals surface area contributed by atoms with Crippen molar-refractivity contribution in [3.05, 3.63) is 54.1 Å². The molecule has 0 spiro atoms. The smallest absolute Gasteiger partial charge is 0.120 e. The molecule has 0 saturated carbocycles. The lowest BCUT2D eigenvalue weighted by atomic mass is 10.2. The molecule has 4 heteroatoms. The topological polar surface area (TPSA) is 43.1 Å². The summed E-state index contributed by atoms with van der Waals surface area (Å²) in [5.41, 5.74) is 3.95. The summed E-state index contributed by atoms with van der Waals surface area (Å²) in [5.74, 6) is 0. The first kappa shape index (κ1) is 10.7. The highest BCUT2D eigenvalue weighted by Crippen LogP contribution is 2.12. The average molecular weight is 236 g/mol. The lowest BCUT2D eigenvalue weighted by Gasteiger charge is -1.95. The van der Waals surface area contributed by atoms with Crippen molar-refractivity contribution in [3.8, 4) is 0 Å². The standard InChI is InChI=1S/C14H12N4/c1-11-6-8-12(9-7-11)15-10-18-14-5-3-2-4-13(14)16-17-18/h2-10H,1H3. The lowest BCUT2D eigenvalue weighted by molar-refractivity contribution is 0.876. The zero-order valence-corrected chi connectivity index (χ0v) is 9.99. The third kappa shape index (κ3) is 2.00. The Morgan fingerprint density at radius 3 is 2.67 bits per heavy atom. The summed E-state index contributed by atoms with van der Waals surface area (Å²) in [6.07, 6.45) is 1.68. The van der Waals surface area contributed by atoms with Crippen molar-refractivity contribution in [1.29, 1.82) is 0 Å². The predicted octanol–water partition coefficient (Wildman–Crippen LogP) is 2.95. The molecule has 1 aromatic heterocycles. The SMILES string of the molecule is Cc1ccc(N=Cn2nnc3ccccc32)cc1. The Kier molecular flexibility index (Phi) is 2.61. The van der Waals surface area contributed by atoms with E-state index in [-0.39, 0.29) is 0 Å². The van der Waals surface area contributed by atoms with Gasteiger partial charge in [-0.3, -0.25) is 0 Å². The number of para-hydroxylation sites is 1. The molecule has 0 unspecified atom stereocenters. The molecule has 0 aliphatic heterocycles. The van der Waals surface area contributed by atoms with E-state index in [9.17, 15) is 0 Å². The predicted molar refractivity (Wildman–Crippen MR) is 72.3 cm³/mol. The van der Waals surface area contributed by atoms with E-state index in [2.05, 4.69) is 22.2 Å². The quantitative estimate of drug-likeness (QED) is 0.507. The Morgan fingerprint density at radius 1 is 1.06 bits per heavy atom. The number of aryl methyl sites for hydroxylation is 1. The molecule has 0 saturated heterocycles. The van der Waals surface area contributed by atoms with Gasteiger partial charge in [0.05, 0.1) is 11.2 Å². The minimum absolute atomic E-state index is 0.868. The number of fused-ring (bicyclic) bond motifs is 1. The molecule has 2 aromatic carbocycles. The van der Waals surface area contributed by atoms with Crippen LogP contribution in [0.25, 0.3) is 11.0 Å². The van der Waals surface area contributed by atoms with Crippen molar-refractivity contribution in [2.75, 3.05) is 0 Å². The summed E-state index contributed by atoms with van der Waals surface area (Å²) in [6.45, 7) is 2.05. The maximum atomic E-state index is 4.38. The number of hydrogen-bond donors (Lipinski definition) is 0. The van der Waals surface area contributed by atoms with Gasteiger partial charge >= 0.3 is 0 Å². The molecule has 3 rings (SSSR count). The van der Waals surface area contributed by atoms with Gasteiger partial charge in [-0.25, -0.2) is 9.67 Å². The first-order valence-corrected chi connectivity index (χ1v) is 5.74. The van der Waals surface area contributed by atoms with Crippen LogP contribution in [-0.2, 0) is 0 Å². The number of nitrogens with zero attached hydrogens (tertiary/aromatic N) is 4. The van der Waals surface area contributed by atoms with Gasteiger partial charge < -0.3 is 0 Å². The van der Waals surface area contributed by atoms with Gasteiger partial charge in [-0.1, -0.05) is 35.0 Å². The monoisotopic (exact) mass is 236 g/mol. The Morgan fingerprint density at radius 2 is 1.83 bits per heavy atom. The molecule has 1 heterocycles. The van der Waals surface area contributed by atoms with Crippen molar-refractivity contribution < 1.29 is 0 Å². The van der Waals surface area contributed by atoms with Crippen LogP contribution in [0.5, 0.6) is 0 Å². The summed E-state index contributed by atoms with van der Waals surface area (Å²) in [6, 6.07) is 15.8. The zero-order chi connectivity index (χ0) is 12.4. The van der Waals surface area contributed by atoms with Crippen LogP contribution >= 0.6 is 0 Å². The molecule has 0 amide bonds. The van der Waals surface area contributed by atoms with Crippen LogP contribution in [0.1, 0.15) is 5.56 Å². The highest BCUT2D eigenvalue weighted by Gasteiger charge is 1.99. The van der Waals surface area contributed by atoms with Gasteiger partial charge in [0.2, 0.25) is 0 Å².